The second-order valence-corrected chi connectivity index (χ2v) is 13.0. The van der Waals surface area contributed by atoms with Crippen molar-refractivity contribution in [1.82, 2.24) is 10.6 Å². The molecule has 0 saturated heterocycles. The molecule has 9 nitrogen and oxygen atoms in total. The maximum absolute atomic E-state index is 12.5. The van der Waals surface area contributed by atoms with Gasteiger partial charge in [0.05, 0.1) is 17.7 Å². The summed E-state index contributed by atoms with van der Waals surface area (Å²) in [5, 5.41) is 16.3. The van der Waals surface area contributed by atoms with Gasteiger partial charge in [-0.2, -0.15) is 11.4 Å². The van der Waals surface area contributed by atoms with Gasteiger partial charge in [0.1, 0.15) is 5.75 Å². The number of anilines is 2. The van der Waals surface area contributed by atoms with Crippen LogP contribution in [-0.4, -0.2) is 70.4 Å². The van der Waals surface area contributed by atoms with Gasteiger partial charge < -0.3 is 30.3 Å². The molecular weight excluding hydrogens is 586 g/mol. The molecule has 2 amide bonds. The molecular formula is C35H45N5O4S. The lowest BCUT2D eigenvalue weighted by Crippen LogP contribution is -2.32. The highest BCUT2D eigenvalue weighted by Gasteiger charge is 2.19. The van der Waals surface area contributed by atoms with Gasteiger partial charge in [0, 0.05) is 80.5 Å². The minimum absolute atomic E-state index is 0.0446. The Balaban J connectivity index is 0.972. The lowest BCUT2D eigenvalue weighted by atomic mass is 10.0. The molecule has 0 saturated carbocycles. The van der Waals surface area contributed by atoms with Crippen LogP contribution in [-0.2, 0) is 27.2 Å². The quantitative estimate of drug-likeness (QED) is 0.0886. The minimum Gasteiger partial charge on any atom is -0.508 e. The fraction of sp³-hybridized carbons (Fsp3) is 0.429. The van der Waals surface area contributed by atoms with Crippen LogP contribution in [0.1, 0.15) is 43.2 Å². The average molecular weight is 632 g/mol. The predicted octanol–water partition coefficient (Wildman–Crippen LogP) is 4.30. The first-order valence-electron chi connectivity index (χ1n) is 15.9. The topological polar surface area (TPSA) is 107 Å². The van der Waals surface area contributed by atoms with E-state index in [2.05, 4.69) is 64.9 Å². The van der Waals surface area contributed by atoms with E-state index in [0.29, 0.717) is 52.0 Å². The molecule has 45 heavy (non-hydrogen) atoms. The molecule has 0 bridgehead atoms. The van der Waals surface area contributed by atoms with Crippen LogP contribution in [0.4, 0.5) is 17.1 Å². The number of benzene rings is 3. The lowest BCUT2D eigenvalue weighted by molar-refractivity contribution is -0.122. The fourth-order valence-corrected chi connectivity index (χ4v) is 6.73. The third-order valence-electron chi connectivity index (χ3n) is 8.11. The number of rotatable bonds is 15. The molecule has 0 fully saturated rings. The lowest BCUT2D eigenvalue weighted by Gasteiger charge is -2.31. The molecule has 0 aromatic heterocycles. The van der Waals surface area contributed by atoms with Gasteiger partial charge in [-0.05, 0) is 85.7 Å². The van der Waals surface area contributed by atoms with E-state index in [0.717, 1.165) is 49.0 Å². The van der Waals surface area contributed by atoms with Crippen molar-refractivity contribution in [3.8, 4) is 5.75 Å². The molecule has 10 heteroatoms. The van der Waals surface area contributed by atoms with Crippen LogP contribution in [0.2, 0.25) is 0 Å². The third kappa shape index (κ3) is 9.31. The van der Waals surface area contributed by atoms with Crippen LogP contribution >= 0.6 is 11.4 Å². The van der Waals surface area contributed by atoms with Gasteiger partial charge in [-0.3, -0.25) is 9.59 Å². The van der Waals surface area contributed by atoms with Gasteiger partial charge in [-0.1, -0.05) is 12.1 Å². The van der Waals surface area contributed by atoms with Gasteiger partial charge in [0.2, 0.25) is 11.8 Å². The number of aromatic hydroxyl groups is 1. The summed E-state index contributed by atoms with van der Waals surface area (Å²) in [5.74, 6) is 0.258. The number of phenolic OH excluding ortho intramolecular Hbond substituents is 1. The summed E-state index contributed by atoms with van der Waals surface area (Å²) in [6, 6.07) is 18.0. The van der Waals surface area contributed by atoms with Crippen LogP contribution in [0.15, 0.2) is 64.5 Å². The van der Waals surface area contributed by atoms with Gasteiger partial charge >= 0.3 is 0 Å². The van der Waals surface area contributed by atoms with Crippen molar-refractivity contribution in [2.75, 3.05) is 63.3 Å². The summed E-state index contributed by atoms with van der Waals surface area (Å²) in [4.78, 5) is 35.2. The van der Waals surface area contributed by atoms with Gasteiger partial charge in [0.15, 0.2) is 0 Å². The monoisotopic (exact) mass is 631 g/mol. The standard InChI is InChI=1S/C35H45N5O4S/c1-39(2)27-10-13-29-32(23-27)45-33-24-31-26(22-30(33)38-29)6-3-18-40(31)19-4-7-34(42)36-16-5-20-44-21-15-35(43)37-17-14-25-8-11-28(41)12-9-25/h8-13,22-24,41,45H,3-7,14-21H2,1-2H3,(H,36,42)(H,37,43). The smallest absolute Gasteiger partial charge is 0.222 e. The van der Waals surface area contributed by atoms with Crippen LogP contribution in [0.25, 0.3) is 0 Å². The molecule has 2 heterocycles. The zero-order valence-corrected chi connectivity index (χ0v) is 27.2. The number of phenols is 1. The maximum atomic E-state index is 12.5. The molecule has 3 N–H and O–H groups in total. The van der Waals surface area contributed by atoms with Crippen molar-refractivity contribution in [3.05, 3.63) is 75.6 Å². The highest BCUT2D eigenvalue weighted by atomic mass is 32.1. The molecule has 0 spiro atoms. The number of carbonyl (C=O) groups excluding carboxylic acids is 2. The zero-order chi connectivity index (χ0) is 31.6. The summed E-state index contributed by atoms with van der Waals surface area (Å²) in [6.45, 7) is 3.84. The average Bonchev–Trinajstić information content (AvgIpc) is 3.03. The Hall–Kier alpha value is -3.89. The van der Waals surface area contributed by atoms with Crippen molar-refractivity contribution in [3.63, 3.8) is 0 Å². The van der Waals surface area contributed by atoms with E-state index >= 15 is 0 Å². The molecule has 0 unspecified atom stereocenters. The van der Waals surface area contributed by atoms with Gasteiger partial charge in [-0.25, -0.2) is 4.99 Å². The number of nitrogens with one attached hydrogen (secondary N) is 2. The Morgan fingerprint density at radius 1 is 0.978 bits per heavy atom. The Bertz CT molecular complexity index is 1610. The minimum atomic E-state index is -0.0446. The number of fused-ring (bicyclic) bond motifs is 3. The van der Waals surface area contributed by atoms with E-state index in [-0.39, 0.29) is 17.6 Å². The Morgan fingerprint density at radius 3 is 2.60 bits per heavy atom. The molecule has 3 aromatic rings. The van der Waals surface area contributed by atoms with E-state index < -0.39 is 0 Å². The molecule has 3 aromatic carbocycles. The van der Waals surface area contributed by atoms with Crippen LogP contribution in [0, 0.1) is 4.51 Å². The highest BCUT2D eigenvalue weighted by Crippen LogP contribution is 2.34. The zero-order valence-electron chi connectivity index (χ0n) is 26.3. The number of thiol groups is 1. The Morgan fingerprint density at radius 2 is 1.78 bits per heavy atom. The number of aryl methyl sites for hydroxylation is 1. The Kier molecular flexibility index (Phi) is 11.5. The molecule has 2 aliphatic heterocycles. The summed E-state index contributed by atoms with van der Waals surface area (Å²) in [6.07, 6.45) is 5.20. The molecule has 5 rings (SSSR count). The van der Waals surface area contributed by atoms with Crippen molar-refractivity contribution in [2.45, 2.75) is 49.8 Å². The van der Waals surface area contributed by atoms with Crippen molar-refractivity contribution in [2.24, 2.45) is 4.99 Å². The summed E-state index contributed by atoms with van der Waals surface area (Å²) in [5.41, 5.74) is 5.94. The molecule has 2 aliphatic rings. The number of hydrogen-bond donors (Lipinski definition) is 4. The largest absolute Gasteiger partial charge is 0.508 e. The number of nitrogens with zero attached hydrogens (tertiary/aromatic N) is 3. The summed E-state index contributed by atoms with van der Waals surface area (Å²) >= 11 is 1.19. The predicted molar refractivity (Wildman–Crippen MR) is 182 cm³/mol. The van der Waals surface area contributed by atoms with Gasteiger partial charge in [-0.15, -0.1) is 0 Å². The van der Waals surface area contributed by atoms with Crippen molar-refractivity contribution in [1.29, 1.82) is 0 Å². The van der Waals surface area contributed by atoms with Crippen molar-refractivity contribution >= 4 is 40.2 Å². The normalized spacial score (nSPS) is 13.2. The number of amides is 2. The van der Waals surface area contributed by atoms with Crippen LogP contribution < -0.4 is 25.8 Å². The van der Waals surface area contributed by atoms with Crippen molar-refractivity contribution < 1.29 is 19.4 Å². The first-order valence-corrected chi connectivity index (χ1v) is 16.8. The third-order valence-corrected chi connectivity index (χ3v) is 9.31. The highest BCUT2D eigenvalue weighted by molar-refractivity contribution is 7.91. The first-order chi connectivity index (χ1) is 21.9. The number of hydrogen-bond acceptors (Lipinski definition) is 7. The number of ether oxygens (including phenoxy) is 1. The maximum Gasteiger partial charge on any atom is 0.222 e. The van der Waals surface area contributed by atoms with E-state index in [1.807, 2.05) is 12.1 Å². The molecule has 0 radical (unpaired) electrons. The van der Waals surface area contributed by atoms with E-state index in [1.54, 1.807) is 12.1 Å². The summed E-state index contributed by atoms with van der Waals surface area (Å²) < 4.78 is 6.82. The first kappa shape index (κ1) is 32.5. The molecule has 0 aliphatic carbocycles. The Labute approximate surface area is 269 Å². The second kappa shape index (κ2) is 15.9. The van der Waals surface area contributed by atoms with Crippen LogP contribution in [0.5, 0.6) is 5.75 Å². The SMILES string of the molecule is CN(C)c1ccc2c(c1)[SH]=c1cc3c(cc1=N2)CCCN3CCCC(=O)NCCCOCCC(=O)NCCc1ccc(O)cc1. The van der Waals surface area contributed by atoms with E-state index in [4.69, 9.17) is 9.73 Å². The van der Waals surface area contributed by atoms with Crippen LogP contribution in [0.3, 0.4) is 0 Å². The molecule has 0 atom stereocenters. The number of carbonyl (C=O) groups is 2. The van der Waals surface area contributed by atoms with Gasteiger partial charge in [0.25, 0.3) is 0 Å². The molecule has 240 valence electrons. The summed E-state index contributed by atoms with van der Waals surface area (Å²) in [7, 11) is 4.12. The van der Waals surface area contributed by atoms with E-state index in [9.17, 15) is 14.7 Å². The fourth-order valence-electron chi connectivity index (χ4n) is 5.61. The second-order valence-electron chi connectivity index (χ2n) is 11.8. The van der Waals surface area contributed by atoms with E-state index in [1.165, 1.54) is 37.7 Å².